The van der Waals surface area contributed by atoms with E-state index in [1.807, 2.05) is 84.9 Å². The molecule has 4 aromatic carbocycles. The Morgan fingerprint density at radius 3 is 2.20 bits per heavy atom. The normalized spacial score (nSPS) is 14.0. The smallest absolute Gasteiger partial charge is 0.337 e. The Balaban J connectivity index is 1.66. The van der Waals surface area contributed by atoms with Gasteiger partial charge in [-0.3, -0.25) is 4.79 Å². The van der Waals surface area contributed by atoms with Gasteiger partial charge in [-0.05, 0) is 47.0 Å². The summed E-state index contributed by atoms with van der Waals surface area (Å²) in [6, 6.07) is 32.5. The zero-order valence-corrected chi connectivity index (χ0v) is 19.3. The number of carbonyl (C=O) groups is 2. The summed E-state index contributed by atoms with van der Waals surface area (Å²) in [5, 5.41) is 0. The fourth-order valence-electron chi connectivity index (χ4n) is 4.49. The minimum Gasteiger partial charge on any atom is -0.465 e. The first-order chi connectivity index (χ1) is 17.1. The summed E-state index contributed by atoms with van der Waals surface area (Å²) in [6.07, 6.45) is 0. The summed E-state index contributed by atoms with van der Waals surface area (Å²) in [5.74, 6) is -0.499. The first kappa shape index (κ1) is 22.2. The topological polar surface area (TPSA) is 72.6 Å². The monoisotopic (exact) mass is 460 g/mol. The third-order valence-corrected chi connectivity index (χ3v) is 6.12. The molecule has 0 bridgehead atoms. The summed E-state index contributed by atoms with van der Waals surface area (Å²) >= 11 is 0. The molecule has 2 N–H and O–H groups in total. The van der Waals surface area contributed by atoms with Crippen molar-refractivity contribution in [3.05, 3.63) is 131 Å². The van der Waals surface area contributed by atoms with Gasteiger partial charge >= 0.3 is 5.97 Å². The highest BCUT2D eigenvalue weighted by molar-refractivity contribution is 6.38. The average molecular weight is 461 g/mol. The van der Waals surface area contributed by atoms with Gasteiger partial charge in [-0.25, -0.2) is 4.79 Å². The van der Waals surface area contributed by atoms with Gasteiger partial charge in [-0.1, -0.05) is 72.8 Å². The van der Waals surface area contributed by atoms with Crippen LogP contribution < -0.4 is 10.6 Å². The number of amides is 1. The van der Waals surface area contributed by atoms with Gasteiger partial charge in [0.1, 0.15) is 0 Å². The summed E-state index contributed by atoms with van der Waals surface area (Å²) in [5.41, 5.74) is 13.0. The second kappa shape index (κ2) is 9.31. The van der Waals surface area contributed by atoms with E-state index in [-0.39, 0.29) is 5.91 Å². The van der Waals surface area contributed by atoms with E-state index >= 15 is 0 Å². The molecule has 5 rings (SSSR count). The van der Waals surface area contributed by atoms with Crippen LogP contribution in [0.5, 0.6) is 0 Å². The highest BCUT2D eigenvalue weighted by atomic mass is 16.5. The molecule has 1 aliphatic heterocycles. The van der Waals surface area contributed by atoms with E-state index in [2.05, 4.69) is 0 Å². The lowest BCUT2D eigenvalue weighted by Gasteiger charge is -2.18. The van der Waals surface area contributed by atoms with Crippen LogP contribution in [0, 0.1) is 0 Å². The van der Waals surface area contributed by atoms with E-state index in [1.54, 1.807) is 23.1 Å². The van der Waals surface area contributed by atoms with Gasteiger partial charge in [0.05, 0.1) is 30.5 Å². The first-order valence-electron chi connectivity index (χ1n) is 11.3. The fourth-order valence-corrected chi connectivity index (χ4v) is 4.49. The number of ether oxygens (including phenoxy) is 1. The lowest BCUT2D eigenvalue weighted by Crippen LogP contribution is -2.26. The zero-order chi connectivity index (χ0) is 24.4. The van der Waals surface area contributed by atoms with Crippen molar-refractivity contribution in [2.24, 2.45) is 0 Å². The molecule has 5 heteroatoms. The summed E-state index contributed by atoms with van der Waals surface area (Å²) in [6.45, 7) is 0.327. The molecule has 0 unspecified atom stereocenters. The first-order valence-corrected chi connectivity index (χ1v) is 11.3. The minimum absolute atomic E-state index is 0.0923. The van der Waals surface area contributed by atoms with Gasteiger partial charge in [-0.2, -0.15) is 0 Å². The van der Waals surface area contributed by atoms with Crippen LogP contribution in [0.25, 0.3) is 11.1 Å². The number of methoxy groups -OCH3 is 1. The molecule has 1 aliphatic rings. The number of nitrogens with two attached hydrogens (primary N) is 1. The quantitative estimate of drug-likeness (QED) is 0.240. The lowest BCUT2D eigenvalue weighted by atomic mass is 9.90. The molecule has 0 atom stereocenters. The van der Waals surface area contributed by atoms with Crippen molar-refractivity contribution in [2.45, 2.75) is 6.54 Å². The van der Waals surface area contributed by atoms with Crippen LogP contribution in [0.1, 0.15) is 32.6 Å². The fraction of sp³-hybridized carbons (Fsp3) is 0.0667. The predicted molar refractivity (Wildman–Crippen MR) is 139 cm³/mol. The van der Waals surface area contributed by atoms with Crippen molar-refractivity contribution >= 4 is 34.4 Å². The highest BCUT2D eigenvalue weighted by Crippen LogP contribution is 2.43. The molecule has 172 valence electrons. The Morgan fingerprint density at radius 1 is 0.800 bits per heavy atom. The maximum Gasteiger partial charge on any atom is 0.337 e. The van der Waals surface area contributed by atoms with Gasteiger partial charge in [0, 0.05) is 16.8 Å². The Kier molecular flexibility index (Phi) is 5.90. The van der Waals surface area contributed by atoms with Crippen LogP contribution in [0.2, 0.25) is 0 Å². The van der Waals surface area contributed by atoms with Crippen molar-refractivity contribution in [3.63, 3.8) is 0 Å². The molecule has 0 saturated heterocycles. The SMILES string of the molecule is COC(=O)c1cccc(CN2C(=O)C(=C(c3ccccc3)c3ccc(N)cc3)c3ccccc32)c1. The zero-order valence-electron chi connectivity index (χ0n) is 19.3. The van der Waals surface area contributed by atoms with Crippen LogP contribution in [0.15, 0.2) is 103 Å². The van der Waals surface area contributed by atoms with Crippen LogP contribution in [0.3, 0.4) is 0 Å². The van der Waals surface area contributed by atoms with Crippen LogP contribution >= 0.6 is 0 Å². The molecule has 0 aliphatic carbocycles. The molecular formula is C30H24N2O3. The van der Waals surface area contributed by atoms with Gasteiger partial charge in [0.15, 0.2) is 0 Å². The number of anilines is 2. The van der Waals surface area contributed by atoms with Crippen molar-refractivity contribution in [3.8, 4) is 0 Å². The summed E-state index contributed by atoms with van der Waals surface area (Å²) < 4.78 is 4.86. The van der Waals surface area contributed by atoms with Crippen LogP contribution in [0.4, 0.5) is 11.4 Å². The third kappa shape index (κ3) is 4.20. The van der Waals surface area contributed by atoms with E-state index < -0.39 is 5.97 Å². The van der Waals surface area contributed by atoms with Gasteiger partial charge in [-0.15, -0.1) is 0 Å². The number of nitrogen functional groups attached to an aromatic ring is 1. The summed E-state index contributed by atoms with van der Waals surface area (Å²) in [4.78, 5) is 27.8. The average Bonchev–Trinajstić information content (AvgIpc) is 3.17. The molecule has 4 aromatic rings. The van der Waals surface area contributed by atoms with E-state index in [4.69, 9.17) is 10.5 Å². The molecule has 1 amide bonds. The van der Waals surface area contributed by atoms with Gasteiger partial charge in [0.2, 0.25) is 0 Å². The predicted octanol–water partition coefficient (Wildman–Crippen LogP) is 5.56. The van der Waals surface area contributed by atoms with Gasteiger partial charge in [0.25, 0.3) is 5.91 Å². The van der Waals surface area contributed by atoms with Gasteiger partial charge < -0.3 is 15.4 Å². The van der Waals surface area contributed by atoms with E-state index in [0.29, 0.717) is 23.4 Å². The lowest BCUT2D eigenvalue weighted by molar-refractivity contribution is -0.113. The standard InChI is InChI=1S/C30H24N2O3/c1-35-30(34)23-11-7-8-20(18-23)19-32-26-13-6-5-12-25(26)28(29(32)33)27(21-9-3-2-4-10-21)22-14-16-24(31)17-15-22/h2-18H,19,31H2,1H3. The number of esters is 1. The largest absolute Gasteiger partial charge is 0.465 e. The van der Waals surface area contributed by atoms with E-state index in [0.717, 1.165) is 33.5 Å². The van der Waals surface area contributed by atoms with Crippen molar-refractivity contribution < 1.29 is 14.3 Å². The number of fused-ring (bicyclic) bond motifs is 1. The third-order valence-electron chi connectivity index (χ3n) is 6.12. The van der Waals surface area contributed by atoms with Crippen LogP contribution in [-0.4, -0.2) is 19.0 Å². The molecule has 35 heavy (non-hydrogen) atoms. The van der Waals surface area contributed by atoms with Crippen molar-refractivity contribution in [1.82, 2.24) is 0 Å². The Bertz CT molecular complexity index is 1440. The molecule has 1 heterocycles. The van der Waals surface area contributed by atoms with E-state index in [9.17, 15) is 9.59 Å². The Labute approximate surface area is 204 Å². The number of hydrogen-bond donors (Lipinski definition) is 1. The van der Waals surface area contributed by atoms with Crippen LogP contribution in [-0.2, 0) is 16.1 Å². The highest BCUT2D eigenvalue weighted by Gasteiger charge is 2.35. The minimum atomic E-state index is -0.407. The molecule has 0 aromatic heterocycles. The van der Waals surface area contributed by atoms with Crippen molar-refractivity contribution in [1.29, 1.82) is 0 Å². The Morgan fingerprint density at radius 2 is 1.46 bits per heavy atom. The molecule has 0 spiro atoms. The Hall–Kier alpha value is -4.64. The van der Waals surface area contributed by atoms with Crippen molar-refractivity contribution in [2.75, 3.05) is 17.7 Å². The van der Waals surface area contributed by atoms with E-state index in [1.165, 1.54) is 7.11 Å². The summed E-state index contributed by atoms with van der Waals surface area (Å²) in [7, 11) is 1.36. The maximum atomic E-state index is 14.0. The molecule has 0 fully saturated rings. The molecule has 0 radical (unpaired) electrons. The maximum absolute atomic E-state index is 14.0. The number of nitrogens with zero attached hydrogens (tertiary/aromatic N) is 1. The number of hydrogen-bond acceptors (Lipinski definition) is 4. The molecule has 0 saturated carbocycles. The number of rotatable bonds is 5. The number of para-hydroxylation sites is 1. The number of benzene rings is 4. The molecule has 5 nitrogen and oxygen atoms in total. The molecular weight excluding hydrogens is 436 g/mol. The second-order valence-corrected chi connectivity index (χ2v) is 8.34. The second-order valence-electron chi connectivity index (χ2n) is 8.34. The number of carbonyl (C=O) groups excluding carboxylic acids is 2.